The zero-order chi connectivity index (χ0) is 20.4. The van der Waals surface area contributed by atoms with Crippen molar-refractivity contribution in [3.8, 4) is 5.75 Å². The summed E-state index contributed by atoms with van der Waals surface area (Å²) in [6.45, 7) is 7.27. The molecule has 1 aliphatic rings. The van der Waals surface area contributed by atoms with Crippen LogP contribution in [0.15, 0.2) is 29.3 Å². The lowest BCUT2D eigenvalue weighted by Gasteiger charge is -2.28. The highest BCUT2D eigenvalue weighted by Crippen LogP contribution is 2.31. The van der Waals surface area contributed by atoms with E-state index in [9.17, 15) is 4.79 Å². The number of aliphatic imine (C=N–C) groups is 1. The predicted octanol–water partition coefficient (Wildman–Crippen LogP) is 3.97. The minimum absolute atomic E-state index is 0.105. The van der Waals surface area contributed by atoms with Gasteiger partial charge < -0.3 is 20.1 Å². The van der Waals surface area contributed by atoms with Gasteiger partial charge in [-0.25, -0.2) is 0 Å². The van der Waals surface area contributed by atoms with Gasteiger partial charge in [-0.2, -0.15) is 0 Å². The summed E-state index contributed by atoms with van der Waals surface area (Å²) < 4.78 is 11.0. The Kier molecular flexibility index (Phi) is 8.61. The molecule has 6 nitrogen and oxygen atoms in total. The number of guanidine groups is 1. The van der Waals surface area contributed by atoms with Crippen LogP contribution in [0.2, 0.25) is 0 Å². The van der Waals surface area contributed by atoms with Gasteiger partial charge in [-0.05, 0) is 39.7 Å². The molecule has 1 unspecified atom stereocenters. The van der Waals surface area contributed by atoms with Crippen molar-refractivity contribution in [1.29, 1.82) is 0 Å². The molecule has 1 heterocycles. The topological polar surface area (TPSA) is 72.0 Å². The van der Waals surface area contributed by atoms with E-state index in [1.807, 2.05) is 39.0 Å². The first kappa shape index (κ1) is 22.1. The molecule has 0 spiro atoms. The van der Waals surface area contributed by atoms with Crippen LogP contribution in [0, 0.1) is 0 Å². The minimum atomic E-state index is -0.394. The molecule has 0 radical (unpaired) electrons. The highest BCUT2D eigenvalue weighted by Gasteiger charge is 2.21. The second kappa shape index (κ2) is 10.9. The Hall–Kier alpha value is -2.24. The van der Waals surface area contributed by atoms with Crippen LogP contribution in [0.1, 0.15) is 70.9 Å². The maximum atomic E-state index is 11.7. The zero-order valence-corrected chi connectivity index (χ0v) is 17.7. The second-order valence-electron chi connectivity index (χ2n) is 8.12. The Bertz CT molecular complexity index is 653. The van der Waals surface area contributed by atoms with Gasteiger partial charge in [0.15, 0.2) is 5.96 Å². The van der Waals surface area contributed by atoms with Crippen molar-refractivity contribution in [3.63, 3.8) is 0 Å². The van der Waals surface area contributed by atoms with Crippen LogP contribution in [0.5, 0.6) is 5.75 Å². The lowest BCUT2D eigenvalue weighted by atomic mass is 10.0. The number of hydrogen-bond donors (Lipinski definition) is 2. The number of hydrogen-bond acceptors (Lipinski definition) is 4. The zero-order valence-electron chi connectivity index (χ0n) is 17.7. The van der Waals surface area contributed by atoms with Gasteiger partial charge in [-0.3, -0.25) is 9.79 Å². The van der Waals surface area contributed by atoms with E-state index >= 15 is 0 Å². The Labute approximate surface area is 169 Å². The minimum Gasteiger partial charge on any atom is -0.493 e. The van der Waals surface area contributed by atoms with Gasteiger partial charge >= 0.3 is 5.97 Å². The summed E-state index contributed by atoms with van der Waals surface area (Å²) in [7, 11) is 1.79. The molecule has 0 amide bonds. The number of unbranched alkanes of at least 4 members (excludes halogenated alkanes) is 3. The molecular weight excluding hydrogens is 354 g/mol. The first-order chi connectivity index (χ1) is 13.4. The highest BCUT2D eigenvalue weighted by molar-refractivity contribution is 5.80. The van der Waals surface area contributed by atoms with Gasteiger partial charge in [0.1, 0.15) is 11.4 Å². The molecule has 28 heavy (non-hydrogen) atoms. The van der Waals surface area contributed by atoms with Crippen LogP contribution < -0.4 is 15.4 Å². The number of carbonyl (C=O) groups excluding carboxylic acids is 1. The fourth-order valence-corrected chi connectivity index (χ4v) is 3.20. The monoisotopic (exact) mass is 389 g/mol. The van der Waals surface area contributed by atoms with Crippen molar-refractivity contribution in [2.45, 2.75) is 70.9 Å². The third-order valence-electron chi connectivity index (χ3n) is 4.51. The quantitative estimate of drug-likeness (QED) is 0.305. The maximum absolute atomic E-state index is 11.7. The average Bonchev–Trinajstić information content (AvgIpc) is 2.65. The van der Waals surface area contributed by atoms with Crippen LogP contribution in [-0.4, -0.2) is 37.7 Å². The molecule has 6 heteroatoms. The van der Waals surface area contributed by atoms with E-state index in [1.165, 1.54) is 5.56 Å². The third kappa shape index (κ3) is 7.79. The van der Waals surface area contributed by atoms with Crippen LogP contribution in [0.25, 0.3) is 0 Å². The number of fused-ring (bicyclic) bond motifs is 1. The molecule has 2 N–H and O–H groups in total. The molecule has 1 aliphatic heterocycles. The highest BCUT2D eigenvalue weighted by atomic mass is 16.6. The van der Waals surface area contributed by atoms with Crippen LogP contribution in [0.4, 0.5) is 0 Å². The first-order valence-corrected chi connectivity index (χ1v) is 10.3. The fraction of sp³-hybridized carbons (Fsp3) is 0.636. The maximum Gasteiger partial charge on any atom is 0.306 e. The molecule has 0 fully saturated rings. The number of ether oxygens (including phenoxy) is 2. The van der Waals surface area contributed by atoms with Gasteiger partial charge in [0.2, 0.25) is 0 Å². The van der Waals surface area contributed by atoms with Crippen molar-refractivity contribution in [3.05, 3.63) is 29.8 Å². The summed E-state index contributed by atoms with van der Waals surface area (Å²) in [5.74, 6) is 1.66. The summed E-state index contributed by atoms with van der Waals surface area (Å²) in [6, 6.07) is 8.36. The number of nitrogens with one attached hydrogen (secondary N) is 2. The summed E-state index contributed by atoms with van der Waals surface area (Å²) in [5, 5.41) is 6.88. The Morgan fingerprint density at radius 1 is 1.21 bits per heavy atom. The van der Waals surface area contributed by atoms with Gasteiger partial charge in [0, 0.05) is 32.0 Å². The number of rotatable bonds is 8. The third-order valence-corrected chi connectivity index (χ3v) is 4.51. The summed E-state index contributed by atoms with van der Waals surface area (Å²) in [5.41, 5.74) is 0.785. The van der Waals surface area contributed by atoms with Crippen molar-refractivity contribution in [2.24, 2.45) is 4.99 Å². The lowest BCUT2D eigenvalue weighted by molar-refractivity contribution is -0.154. The molecule has 0 bridgehead atoms. The molecule has 1 atom stereocenters. The molecule has 0 aromatic heterocycles. The smallest absolute Gasteiger partial charge is 0.306 e. The van der Waals surface area contributed by atoms with Crippen molar-refractivity contribution in [1.82, 2.24) is 10.6 Å². The van der Waals surface area contributed by atoms with E-state index in [0.717, 1.165) is 50.4 Å². The van der Waals surface area contributed by atoms with E-state index in [1.54, 1.807) is 7.05 Å². The Balaban J connectivity index is 1.62. The molecular formula is C22H35N3O3. The number of benzene rings is 1. The van der Waals surface area contributed by atoms with Crippen molar-refractivity contribution >= 4 is 11.9 Å². The van der Waals surface area contributed by atoms with Crippen LogP contribution in [-0.2, 0) is 9.53 Å². The molecule has 1 aromatic rings. The average molecular weight is 390 g/mol. The molecule has 0 saturated carbocycles. The van der Waals surface area contributed by atoms with Crippen molar-refractivity contribution < 1.29 is 14.3 Å². The summed E-state index contributed by atoms with van der Waals surface area (Å²) >= 11 is 0. The second-order valence-corrected chi connectivity index (χ2v) is 8.12. The summed E-state index contributed by atoms with van der Waals surface area (Å²) in [6.07, 6.45) is 5.44. The number of nitrogens with zero attached hydrogens (tertiary/aromatic N) is 1. The van der Waals surface area contributed by atoms with E-state index < -0.39 is 5.60 Å². The van der Waals surface area contributed by atoms with E-state index in [0.29, 0.717) is 13.0 Å². The Morgan fingerprint density at radius 3 is 2.71 bits per heavy atom. The van der Waals surface area contributed by atoms with Crippen molar-refractivity contribution in [2.75, 3.05) is 20.2 Å². The van der Waals surface area contributed by atoms with Gasteiger partial charge in [-0.1, -0.05) is 31.0 Å². The first-order valence-electron chi connectivity index (χ1n) is 10.3. The lowest BCUT2D eigenvalue weighted by Crippen LogP contribution is -2.41. The SMILES string of the molecule is CN=C(NCCCCCCC(=O)OC(C)(C)C)NC1CCOc2ccccc21. The number of para-hydroxylation sites is 1. The largest absolute Gasteiger partial charge is 0.493 e. The summed E-state index contributed by atoms with van der Waals surface area (Å²) in [4.78, 5) is 16.0. The molecule has 0 saturated heterocycles. The van der Waals surface area contributed by atoms with E-state index in [2.05, 4.69) is 21.7 Å². The van der Waals surface area contributed by atoms with Crippen LogP contribution >= 0.6 is 0 Å². The predicted molar refractivity (Wildman–Crippen MR) is 113 cm³/mol. The van der Waals surface area contributed by atoms with E-state index in [-0.39, 0.29) is 12.0 Å². The van der Waals surface area contributed by atoms with E-state index in [4.69, 9.17) is 9.47 Å². The molecule has 156 valence electrons. The molecule has 1 aromatic carbocycles. The van der Waals surface area contributed by atoms with Gasteiger partial charge in [0.25, 0.3) is 0 Å². The standard InChI is InChI=1S/C22H35N3O3/c1-22(2,3)28-20(26)13-7-5-6-10-15-24-21(23-4)25-18-14-16-27-19-12-9-8-11-17(18)19/h8-9,11-12,18H,5-7,10,13-16H2,1-4H3,(H2,23,24,25). The Morgan fingerprint density at radius 2 is 1.96 bits per heavy atom. The normalized spacial score (nSPS) is 16.7. The van der Waals surface area contributed by atoms with Crippen LogP contribution in [0.3, 0.4) is 0 Å². The molecule has 0 aliphatic carbocycles. The fourth-order valence-electron chi connectivity index (χ4n) is 3.20. The van der Waals surface area contributed by atoms with Gasteiger partial charge in [0.05, 0.1) is 12.6 Å². The number of carbonyl (C=O) groups is 1. The molecule has 2 rings (SSSR count). The number of esters is 1. The van der Waals surface area contributed by atoms with Gasteiger partial charge in [-0.15, -0.1) is 0 Å².